The molecule has 112 valence electrons. The molecule has 0 bridgehead atoms. The maximum atomic E-state index is 2.38. The van der Waals surface area contributed by atoms with E-state index in [1.54, 1.807) is 0 Å². The van der Waals surface area contributed by atoms with E-state index in [0.29, 0.717) is 0 Å². The van der Waals surface area contributed by atoms with Gasteiger partial charge in [0.05, 0.1) is 0 Å². The van der Waals surface area contributed by atoms with Crippen LogP contribution in [0.3, 0.4) is 0 Å². The summed E-state index contributed by atoms with van der Waals surface area (Å²) in [6, 6.07) is 17.6. The first kappa shape index (κ1) is 14.6. The maximum Gasteiger partial charge on any atom is 0.0458 e. The Bertz CT molecular complexity index is 657. The Morgan fingerprint density at radius 1 is 0.636 bits per heavy atom. The number of nitrogens with zero attached hydrogens (tertiary/aromatic N) is 1. The molecule has 0 amide bonds. The summed E-state index contributed by atoms with van der Waals surface area (Å²) in [5, 5.41) is 0. The number of anilines is 2. The Balaban J connectivity index is 2.06. The van der Waals surface area contributed by atoms with Crippen molar-refractivity contribution < 1.29 is 0 Å². The second kappa shape index (κ2) is 6.23. The molecule has 0 saturated heterocycles. The van der Waals surface area contributed by atoms with E-state index in [2.05, 4.69) is 86.4 Å². The smallest absolute Gasteiger partial charge is 0.0458 e. The molecule has 0 unspecified atom stereocenters. The number of hydrogen-bond acceptors (Lipinski definition) is 1. The highest BCUT2D eigenvalue weighted by Gasteiger charge is 2.16. The van der Waals surface area contributed by atoms with Crippen molar-refractivity contribution in [2.24, 2.45) is 0 Å². The van der Waals surface area contributed by atoms with E-state index in [4.69, 9.17) is 0 Å². The Morgan fingerprint density at radius 3 is 1.55 bits per heavy atom. The zero-order chi connectivity index (χ0) is 15.5. The van der Waals surface area contributed by atoms with E-state index in [1.165, 1.54) is 33.8 Å². The van der Waals surface area contributed by atoms with Gasteiger partial charge in [-0.05, 0) is 64.0 Å². The van der Waals surface area contributed by atoms with Crippen LogP contribution in [0.25, 0.3) is 0 Å². The molecule has 0 aliphatic heterocycles. The van der Waals surface area contributed by atoms with Crippen molar-refractivity contribution in [3.8, 4) is 0 Å². The van der Waals surface area contributed by atoms with Gasteiger partial charge in [-0.1, -0.05) is 47.0 Å². The summed E-state index contributed by atoms with van der Waals surface area (Å²) in [5.41, 5.74) is 7.86. The second-order valence-electron chi connectivity index (χ2n) is 6.18. The van der Waals surface area contributed by atoms with E-state index in [9.17, 15) is 0 Å². The predicted molar refractivity (Wildman–Crippen MR) is 95.6 cm³/mol. The minimum absolute atomic E-state index is 1.09. The average Bonchev–Trinajstić information content (AvgIpc) is 2.53. The minimum Gasteiger partial charge on any atom is -0.314 e. The largest absolute Gasteiger partial charge is 0.314 e. The van der Waals surface area contributed by atoms with Crippen LogP contribution in [0.5, 0.6) is 0 Å². The van der Waals surface area contributed by atoms with Crippen molar-refractivity contribution in [3.05, 3.63) is 83.1 Å². The van der Waals surface area contributed by atoms with Gasteiger partial charge in [0.1, 0.15) is 0 Å². The Labute approximate surface area is 133 Å². The van der Waals surface area contributed by atoms with Crippen LogP contribution in [0.2, 0.25) is 0 Å². The molecule has 0 heterocycles. The van der Waals surface area contributed by atoms with E-state index in [0.717, 1.165) is 12.8 Å². The molecule has 22 heavy (non-hydrogen) atoms. The van der Waals surface area contributed by atoms with Gasteiger partial charge in [-0.15, -0.1) is 0 Å². The molecule has 0 atom stereocenters. The quantitative estimate of drug-likeness (QED) is 0.663. The minimum atomic E-state index is 1.09. The van der Waals surface area contributed by atoms with Gasteiger partial charge in [-0.2, -0.15) is 0 Å². The molecule has 2 aromatic carbocycles. The van der Waals surface area contributed by atoms with Crippen molar-refractivity contribution in [1.29, 1.82) is 0 Å². The molecular weight excluding hydrogens is 266 g/mol. The summed E-state index contributed by atoms with van der Waals surface area (Å²) in [6.07, 6.45) is 6.73. The predicted octanol–water partition coefficient (Wildman–Crippen LogP) is 6.07. The summed E-state index contributed by atoms with van der Waals surface area (Å²) in [5.74, 6) is 0. The van der Waals surface area contributed by atoms with Gasteiger partial charge in [0.15, 0.2) is 0 Å². The molecule has 1 aliphatic carbocycles. The molecule has 0 radical (unpaired) electrons. The molecular formula is C21H23N. The van der Waals surface area contributed by atoms with E-state index < -0.39 is 0 Å². The second-order valence-corrected chi connectivity index (χ2v) is 6.18. The lowest BCUT2D eigenvalue weighted by atomic mass is 10.0. The average molecular weight is 289 g/mol. The highest BCUT2D eigenvalue weighted by Crippen LogP contribution is 2.34. The lowest BCUT2D eigenvalue weighted by Gasteiger charge is -2.29. The molecule has 1 aliphatic rings. The zero-order valence-electron chi connectivity index (χ0n) is 13.6. The third kappa shape index (κ3) is 3.14. The first-order chi connectivity index (χ1) is 10.6. The van der Waals surface area contributed by atoms with Gasteiger partial charge >= 0.3 is 0 Å². The lowest BCUT2D eigenvalue weighted by Crippen LogP contribution is -2.17. The van der Waals surface area contributed by atoms with Gasteiger partial charge in [-0.3, -0.25) is 0 Å². The lowest BCUT2D eigenvalue weighted by molar-refractivity contribution is 0.874. The molecule has 2 aromatic rings. The molecule has 0 spiro atoms. The van der Waals surface area contributed by atoms with Crippen molar-refractivity contribution >= 4 is 11.4 Å². The van der Waals surface area contributed by atoms with Crippen molar-refractivity contribution in [2.75, 3.05) is 4.90 Å². The Hall–Kier alpha value is -2.28. The van der Waals surface area contributed by atoms with Crippen molar-refractivity contribution in [1.82, 2.24) is 0 Å². The fraction of sp³-hybridized carbons (Fsp3) is 0.238. The van der Waals surface area contributed by atoms with Gasteiger partial charge in [-0.25, -0.2) is 0 Å². The zero-order valence-corrected chi connectivity index (χ0v) is 13.6. The van der Waals surface area contributed by atoms with Crippen molar-refractivity contribution in [3.63, 3.8) is 0 Å². The summed E-state index contributed by atoms with van der Waals surface area (Å²) in [7, 11) is 0. The first-order valence-corrected chi connectivity index (χ1v) is 7.93. The number of aryl methyl sites for hydroxylation is 2. The fourth-order valence-corrected chi connectivity index (χ4v) is 2.79. The monoisotopic (exact) mass is 289 g/mol. The SMILES string of the molecule is CC1=CC=C(N(c2ccc(C)cc2)c2ccc(C)cc2)CC1. The summed E-state index contributed by atoms with van der Waals surface area (Å²) < 4.78 is 0. The first-order valence-electron chi connectivity index (χ1n) is 7.93. The van der Waals surface area contributed by atoms with Crippen LogP contribution < -0.4 is 4.90 Å². The Kier molecular flexibility index (Phi) is 4.15. The maximum absolute atomic E-state index is 2.38. The van der Waals surface area contributed by atoms with Gasteiger partial charge < -0.3 is 4.90 Å². The summed E-state index contributed by atoms with van der Waals surface area (Å²) in [4.78, 5) is 2.38. The number of hydrogen-bond donors (Lipinski definition) is 0. The van der Waals surface area contributed by atoms with Gasteiger partial charge in [0.2, 0.25) is 0 Å². The van der Waals surface area contributed by atoms with Crippen LogP contribution in [0.1, 0.15) is 30.9 Å². The van der Waals surface area contributed by atoms with Crippen LogP contribution in [-0.2, 0) is 0 Å². The van der Waals surface area contributed by atoms with Crippen LogP contribution in [0.15, 0.2) is 72.0 Å². The molecule has 1 nitrogen and oxygen atoms in total. The molecule has 0 N–H and O–H groups in total. The number of benzene rings is 2. The standard InChI is InChI=1S/C21H23N/c1-16-4-10-19(11-5-16)22(20-12-6-17(2)7-13-20)21-14-8-18(3)9-15-21/h4-8,10-14H,9,15H2,1-3H3. The number of allylic oxidation sites excluding steroid dienone is 4. The van der Waals surface area contributed by atoms with Crippen LogP contribution >= 0.6 is 0 Å². The highest BCUT2D eigenvalue weighted by atomic mass is 15.1. The fourth-order valence-electron chi connectivity index (χ4n) is 2.79. The van der Waals surface area contributed by atoms with E-state index in [1.807, 2.05) is 0 Å². The van der Waals surface area contributed by atoms with E-state index >= 15 is 0 Å². The third-order valence-electron chi connectivity index (χ3n) is 4.21. The van der Waals surface area contributed by atoms with Gasteiger partial charge in [0.25, 0.3) is 0 Å². The highest BCUT2D eigenvalue weighted by molar-refractivity contribution is 5.69. The summed E-state index contributed by atoms with van der Waals surface area (Å²) in [6.45, 7) is 6.47. The van der Waals surface area contributed by atoms with Gasteiger partial charge in [0, 0.05) is 17.1 Å². The third-order valence-corrected chi connectivity index (χ3v) is 4.21. The van der Waals surface area contributed by atoms with Crippen molar-refractivity contribution in [2.45, 2.75) is 33.6 Å². The molecule has 1 heteroatoms. The van der Waals surface area contributed by atoms with E-state index in [-0.39, 0.29) is 0 Å². The van der Waals surface area contributed by atoms with Crippen LogP contribution in [0.4, 0.5) is 11.4 Å². The molecule has 0 saturated carbocycles. The Morgan fingerprint density at radius 2 is 1.14 bits per heavy atom. The molecule has 3 rings (SSSR count). The molecule has 0 aromatic heterocycles. The van der Waals surface area contributed by atoms with Crippen LogP contribution in [0, 0.1) is 13.8 Å². The van der Waals surface area contributed by atoms with Crippen LogP contribution in [-0.4, -0.2) is 0 Å². The topological polar surface area (TPSA) is 3.24 Å². The number of rotatable bonds is 3. The summed E-state index contributed by atoms with van der Waals surface area (Å²) >= 11 is 0. The normalized spacial score (nSPS) is 14.3. The molecule has 0 fully saturated rings.